The molecule has 0 fully saturated rings. The quantitative estimate of drug-likeness (QED) is 0.318. The first-order valence-corrected chi connectivity index (χ1v) is 8.04. The number of aliphatic imine (C=N–C) groups is 1. The molecule has 0 bridgehead atoms. The van der Waals surface area contributed by atoms with E-state index in [-0.39, 0.29) is 0 Å². The van der Waals surface area contributed by atoms with Crippen LogP contribution in [0.15, 0.2) is 41.9 Å². The van der Waals surface area contributed by atoms with Gasteiger partial charge in [-0.3, -0.25) is 4.99 Å². The summed E-state index contributed by atoms with van der Waals surface area (Å²) in [4.78, 5) is 6.61. The summed E-state index contributed by atoms with van der Waals surface area (Å²) in [6.45, 7) is 7.77. The predicted molar refractivity (Wildman–Crippen MR) is 96.0 cm³/mol. The molecular weight excluding hydrogens is 290 g/mol. The molecule has 1 rings (SSSR count). The first kappa shape index (κ1) is 19.0. The Morgan fingerprint density at radius 3 is 2.96 bits per heavy atom. The second kappa shape index (κ2) is 10.7. The standard InChI is InChI=1S/C18H29N3O2/c1-5-7-8-12-21(3)18(19-6-2)20-14-17(22)15-10-9-11-16(13-15)23-4/h5,9-11,13,17,22H,1,6-8,12,14H2,2-4H3,(H,19,20). The van der Waals surface area contributed by atoms with Gasteiger partial charge < -0.3 is 20.1 Å². The van der Waals surface area contributed by atoms with E-state index in [0.29, 0.717) is 6.54 Å². The molecule has 1 aromatic rings. The number of hydrogen-bond donors (Lipinski definition) is 2. The summed E-state index contributed by atoms with van der Waals surface area (Å²) in [5.41, 5.74) is 0.804. The van der Waals surface area contributed by atoms with Gasteiger partial charge in [-0.2, -0.15) is 0 Å². The fourth-order valence-electron chi connectivity index (χ4n) is 2.18. The Bertz CT molecular complexity index is 503. The SMILES string of the molecule is C=CCCCN(C)C(=NCC(O)c1cccc(OC)c1)NCC. The zero-order chi connectivity index (χ0) is 17.1. The van der Waals surface area contributed by atoms with Crippen LogP contribution in [0.2, 0.25) is 0 Å². The number of nitrogens with zero attached hydrogens (tertiary/aromatic N) is 2. The summed E-state index contributed by atoms with van der Waals surface area (Å²) >= 11 is 0. The minimum atomic E-state index is -0.652. The summed E-state index contributed by atoms with van der Waals surface area (Å²) < 4.78 is 5.19. The molecule has 0 saturated carbocycles. The molecule has 0 aromatic heterocycles. The molecule has 23 heavy (non-hydrogen) atoms. The monoisotopic (exact) mass is 319 g/mol. The van der Waals surface area contributed by atoms with E-state index in [0.717, 1.165) is 43.2 Å². The van der Waals surface area contributed by atoms with E-state index < -0.39 is 6.10 Å². The largest absolute Gasteiger partial charge is 0.497 e. The van der Waals surface area contributed by atoms with Crippen molar-refractivity contribution in [3.63, 3.8) is 0 Å². The van der Waals surface area contributed by atoms with E-state index in [4.69, 9.17) is 4.74 Å². The normalized spacial score (nSPS) is 12.6. The molecule has 128 valence electrons. The third-order valence-electron chi connectivity index (χ3n) is 3.49. The molecule has 0 spiro atoms. The smallest absolute Gasteiger partial charge is 0.193 e. The van der Waals surface area contributed by atoms with Gasteiger partial charge in [-0.15, -0.1) is 6.58 Å². The lowest BCUT2D eigenvalue weighted by molar-refractivity contribution is 0.186. The highest BCUT2D eigenvalue weighted by Gasteiger charge is 2.10. The van der Waals surface area contributed by atoms with Gasteiger partial charge in [0.2, 0.25) is 0 Å². The number of allylic oxidation sites excluding steroid dienone is 1. The predicted octanol–water partition coefficient (Wildman–Crippen LogP) is 2.59. The van der Waals surface area contributed by atoms with Crippen molar-refractivity contribution in [3.8, 4) is 5.75 Å². The Hall–Kier alpha value is -2.01. The lowest BCUT2D eigenvalue weighted by Gasteiger charge is -2.22. The molecule has 0 saturated heterocycles. The van der Waals surface area contributed by atoms with Gasteiger partial charge in [-0.25, -0.2) is 0 Å². The van der Waals surface area contributed by atoms with Gasteiger partial charge in [0, 0.05) is 20.1 Å². The molecule has 0 heterocycles. The van der Waals surface area contributed by atoms with Crippen LogP contribution in [0, 0.1) is 0 Å². The van der Waals surface area contributed by atoms with Crippen LogP contribution >= 0.6 is 0 Å². The molecule has 0 aliphatic heterocycles. The van der Waals surface area contributed by atoms with E-state index in [2.05, 4.69) is 21.8 Å². The van der Waals surface area contributed by atoms with Crippen LogP contribution < -0.4 is 10.1 Å². The summed E-state index contributed by atoms with van der Waals surface area (Å²) in [5.74, 6) is 1.54. The maximum atomic E-state index is 10.3. The molecule has 0 aliphatic rings. The molecule has 0 radical (unpaired) electrons. The minimum Gasteiger partial charge on any atom is -0.497 e. The molecule has 5 nitrogen and oxygen atoms in total. The first-order valence-electron chi connectivity index (χ1n) is 8.04. The average Bonchev–Trinajstić information content (AvgIpc) is 2.58. The fourth-order valence-corrected chi connectivity index (χ4v) is 2.18. The molecule has 0 aliphatic carbocycles. The van der Waals surface area contributed by atoms with Crippen LogP contribution in [0.4, 0.5) is 0 Å². The van der Waals surface area contributed by atoms with Crippen molar-refractivity contribution < 1.29 is 9.84 Å². The number of methoxy groups -OCH3 is 1. The average molecular weight is 319 g/mol. The number of ether oxygens (including phenoxy) is 1. The van der Waals surface area contributed by atoms with Gasteiger partial charge in [0.15, 0.2) is 5.96 Å². The highest BCUT2D eigenvalue weighted by atomic mass is 16.5. The van der Waals surface area contributed by atoms with Crippen molar-refractivity contribution in [1.29, 1.82) is 0 Å². The van der Waals surface area contributed by atoms with E-state index in [1.165, 1.54) is 0 Å². The Morgan fingerprint density at radius 1 is 1.52 bits per heavy atom. The maximum Gasteiger partial charge on any atom is 0.193 e. The molecule has 1 atom stereocenters. The van der Waals surface area contributed by atoms with Gasteiger partial charge in [0.25, 0.3) is 0 Å². The lowest BCUT2D eigenvalue weighted by atomic mass is 10.1. The summed E-state index contributed by atoms with van der Waals surface area (Å²) in [6.07, 6.45) is 3.28. The molecule has 1 aromatic carbocycles. The van der Waals surface area contributed by atoms with Crippen molar-refractivity contribution in [3.05, 3.63) is 42.5 Å². The second-order valence-corrected chi connectivity index (χ2v) is 5.34. The number of hydrogen-bond acceptors (Lipinski definition) is 3. The zero-order valence-electron chi connectivity index (χ0n) is 14.5. The number of benzene rings is 1. The van der Waals surface area contributed by atoms with Gasteiger partial charge in [0.1, 0.15) is 5.75 Å². The fraction of sp³-hybridized carbons (Fsp3) is 0.500. The molecule has 2 N–H and O–H groups in total. The maximum absolute atomic E-state index is 10.3. The number of nitrogens with one attached hydrogen (secondary N) is 1. The van der Waals surface area contributed by atoms with Gasteiger partial charge in [-0.05, 0) is 37.5 Å². The van der Waals surface area contributed by atoms with Gasteiger partial charge in [-0.1, -0.05) is 18.2 Å². The highest BCUT2D eigenvalue weighted by molar-refractivity contribution is 5.79. The van der Waals surface area contributed by atoms with Crippen LogP contribution in [0.1, 0.15) is 31.4 Å². The first-order chi connectivity index (χ1) is 11.1. The molecule has 5 heteroatoms. The van der Waals surface area contributed by atoms with Crippen LogP contribution in [0.25, 0.3) is 0 Å². The number of rotatable bonds is 9. The minimum absolute atomic E-state index is 0.307. The molecule has 1 unspecified atom stereocenters. The van der Waals surface area contributed by atoms with E-state index in [1.807, 2.05) is 44.3 Å². The van der Waals surface area contributed by atoms with Crippen LogP contribution in [-0.2, 0) is 0 Å². The number of guanidine groups is 1. The summed E-state index contributed by atoms with van der Waals surface area (Å²) in [5, 5.41) is 13.6. The lowest BCUT2D eigenvalue weighted by Crippen LogP contribution is -2.39. The third kappa shape index (κ3) is 6.74. The second-order valence-electron chi connectivity index (χ2n) is 5.34. The van der Waals surface area contributed by atoms with E-state index in [9.17, 15) is 5.11 Å². The third-order valence-corrected chi connectivity index (χ3v) is 3.49. The van der Waals surface area contributed by atoms with Crippen molar-refractivity contribution in [2.24, 2.45) is 4.99 Å². The summed E-state index contributed by atoms with van der Waals surface area (Å²) in [6, 6.07) is 7.44. The number of aliphatic hydroxyl groups excluding tert-OH is 1. The van der Waals surface area contributed by atoms with Crippen LogP contribution in [0.3, 0.4) is 0 Å². The van der Waals surface area contributed by atoms with Gasteiger partial charge in [0.05, 0.1) is 19.8 Å². The summed E-state index contributed by atoms with van der Waals surface area (Å²) in [7, 11) is 3.62. The topological polar surface area (TPSA) is 57.1 Å². The van der Waals surface area contributed by atoms with Crippen molar-refractivity contribution in [2.45, 2.75) is 25.9 Å². The van der Waals surface area contributed by atoms with Crippen molar-refractivity contribution in [2.75, 3.05) is 33.8 Å². The number of aliphatic hydroxyl groups is 1. The van der Waals surface area contributed by atoms with Crippen molar-refractivity contribution >= 4 is 5.96 Å². The van der Waals surface area contributed by atoms with Crippen molar-refractivity contribution in [1.82, 2.24) is 10.2 Å². The van der Waals surface area contributed by atoms with Crippen LogP contribution in [0.5, 0.6) is 5.75 Å². The molecule has 0 amide bonds. The highest BCUT2D eigenvalue weighted by Crippen LogP contribution is 2.19. The van der Waals surface area contributed by atoms with E-state index in [1.54, 1.807) is 7.11 Å². The Morgan fingerprint density at radius 2 is 2.30 bits per heavy atom. The van der Waals surface area contributed by atoms with E-state index >= 15 is 0 Å². The Balaban J connectivity index is 2.69. The molecular formula is C18H29N3O2. The number of unbranched alkanes of at least 4 members (excludes halogenated alkanes) is 1. The Labute approximate surface area is 139 Å². The van der Waals surface area contributed by atoms with Gasteiger partial charge >= 0.3 is 0 Å². The zero-order valence-corrected chi connectivity index (χ0v) is 14.5. The Kier molecular flexibility index (Phi) is 8.83. The van der Waals surface area contributed by atoms with Crippen LogP contribution in [-0.4, -0.2) is 49.8 Å².